The van der Waals surface area contributed by atoms with Gasteiger partial charge in [-0.05, 0) is 18.6 Å². The molecule has 1 aliphatic rings. The molecular formula is C16H20N4O3S. The summed E-state index contributed by atoms with van der Waals surface area (Å²) in [5, 5.41) is 2.97. The SMILES string of the molecule is CNc1nccnc1[C@@H]1CN(S(=O)(=O)c2ccccc2C)CCO1. The molecule has 1 aromatic carbocycles. The average molecular weight is 348 g/mol. The van der Waals surface area contributed by atoms with Crippen LogP contribution in [0.4, 0.5) is 5.82 Å². The van der Waals surface area contributed by atoms with Gasteiger partial charge in [-0.15, -0.1) is 0 Å². The van der Waals surface area contributed by atoms with E-state index in [0.717, 1.165) is 5.56 Å². The summed E-state index contributed by atoms with van der Waals surface area (Å²) in [5.74, 6) is 0.595. The van der Waals surface area contributed by atoms with Gasteiger partial charge in [0, 0.05) is 32.5 Å². The summed E-state index contributed by atoms with van der Waals surface area (Å²) in [5.41, 5.74) is 1.35. The summed E-state index contributed by atoms with van der Waals surface area (Å²) in [6.45, 7) is 2.65. The Morgan fingerprint density at radius 1 is 1.25 bits per heavy atom. The molecule has 1 saturated heterocycles. The zero-order valence-corrected chi connectivity index (χ0v) is 14.5. The molecular weight excluding hydrogens is 328 g/mol. The lowest BCUT2D eigenvalue weighted by atomic mass is 10.2. The number of aromatic nitrogens is 2. The maximum absolute atomic E-state index is 13.0. The summed E-state index contributed by atoms with van der Waals surface area (Å²) in [6, 6.07) is 7.00. The Morgan fingerprint density at radius 3 is 2.75 bits per heavy atom. The van der Waals surface area contributed by atoms with Crippen LogP contribution in [0, 0.1) is 6.92 Å². The molecule has 0 spiro atoms. The molecule has 0 saturated carbocycles. The predicted octanol–water partition coefficient (Wildman–Crippen LogP) is 1.59. The maximum atomic E-state index is 13.0. The first kappa shape index (κ1) is 16.8. The molecule has 2 aromatic rings. The van der Waals surface area contributed by atoms with Crippen molar-refractivity contribution < 1.29 is 13.2 Å². The predicted molar refractivity (Wildman–Crippen MR) is 90.2 cm³/mol. The summed E-state index contributed by atoms with van der Waals surface area (Å²) in [6.07, 6.45) is 2.71. The second-order valence-corrected chi connectivity index (χ2v) is 7.43. The zero-order chi connectivity index (χ0) is 17.2. The highest BCUT2D eigenvalue weighted by Crippen LogP contribution is 2.29. The fraction of sp³-hybridized carbons (Fsp3) is 0.375. The fourth-order valence-electron chi connectivity index (χ4n) is 2.77. The van der Waals surface area contributed by atoms with E-state index in [9.17, 15) is 8.42 Å². The molecule has 0 unspecified atom stereocenters. The molecule has 2 heterocycles. The second kappa shape index (κ2) is 6.84. The first-order valence-corrected chi connectivity index (χ1v) is 9.14. The molecule has 8 heteroatoms. The third kappa shape index (κ3) is 3.12. The molecule has 1 atom stereocenters. The van der Waals surface area contributed by atoms with Crippen LogP contribution in [0.2, 0.25) is 0 Å². The van der Waals surface area contributed by atoms with Gasteiger partial charge in [0.05, 0.1) is 11.5 Å². The normalized spacial score (nSPS) is 19.2. The Bertz CT molecular complexity index is 826. The Morgan fingerprint density at radius 2 is 2.00 bits per heavy atom. The third-order valence-corrected chi connectivity index (χ3v) is 6.03. The summed E-state index contributed by atoms with van der Waals surface area (Å²) in [4.78, 5) is 8.85. The highest BCUT2D eigenvalue weighted by atomic mass is 32.2. The summed E-state index contributed by atoms with van der Waals surface area (Å²) < 4.78 is 33.1. The number of anilines is 1. The molecule has 128 valence electrons. The number of morpholine rings is 1. The monoisotopic (exact) mass is 348 g/mol. The lowest BCUT2D eigenvalue weighted by Crippen LogP contribution is -2.42. The number of ether oxygens (including phenoxy) is 1. The van der Waals surface area contributed by atoms with E-state index in [2.05, 4.69) is 15.3 Å². The van der Waals surface area contributed by atoms with Crippen molar-refractivity contribution in [2.75, 3.05) is 32.1 Å². The van der Waals surface area contributed by atoms with Crippen LogP contribution < -0.4 is 5.32 Å². The molecule has 1 aliphatic heterocycles. The van der Waals surface area contributed by atoms with Crippen molar-refractivity contribution in [1.82, 2.24) is 14.3 Å². The number of rotatable bonds is 4. The molecule has 3 rings (SSSR count). The van der Waals surface area contributed by atoms with Crippen molar-refractivity contribution in [2.24, 2.45) is 0 Å². The van der Waals surface area contributed by atoms with E-state index in [1.807, 2.05) is 6.07 Å². The van der Waals surface area contributed by atoms with Crippen molar-refractivity contribution in [2.45, 2.75) is 17.9 Å². The highest BCUT2D eigenvalue weighted by molar-refractivity contribution is 7.89. The minimum Gasteiger partial charge on any atom is -0.372 e. The Labute approximate surface area is 141 Å². The largest absolute Gasteiger partial charge is 0.372 e. The van der Waals surface area contributed by atoms with Gasteiger partial charge in [-0.25, -0.2) is 13.4 Å². The van der Waals surface area contributed by atoms with Crippen LogP contribution in [0.1, 0.15) is 17.4 Å². The van der Waals surface area contributed by atoms with Crippen molar-refractivity contribution in [3.8, 4) is 0 Å². The fourth-order valence-corrected chi connectivity index (χ4v) is 4.42. The Balaban J connectivity index is 1.90. The van der Waals surface area contributed by atoms with E-state index < -0.39 is 16.1 Å². The number of hydrogen-bond donors (Lipinski definition) is 1. The topological polar surface area (TPSA) is 84.4 Å². The van der Waals surface area contributed by atoms with Crippen LogP contribution in [0.25, 0.3) is 0 Å². The summed E-state index contributed by atoms with van der Waals surface area (Å²) in [7, 11) is -1.82. The third-order valence-electron chi connectivity index (χ3n) is 4.01. The molecule has 1 aromatic heterocycles. The lowest BCUT2D eigenvalue weighted by molar-refractivity contribution is -0.00469. The quantitative estimate of drug-likeness (QED) is 0.903. The van der Waals surface area contributed by atoms with Crippen LogP contribution in [0.15, 0.2) is 41.6 Å². The van der Waals surface area contributed by atoms with Gasteiger partial charge in [-0.3, -0.25) is 4.98 Å². The average Bonchev–Trinajstić information content (AvgIpc) is 2.62. The highest BCUT2D eigenvalue weighted by Gasteiger charge is 2.33. The summed E-state index contributed by atoms with van der Waals surface area (Å²) >= 11 is 0. The number of nitrogens with zero attached hydrogens (tertiary/aromatic N) is 3. The van der Waals surface area contributed by atoms with E-state index in [0.29, 0.717) is 29.6 Å². The zero-order valence-electron chi connectivity index (χ0n) is 13.6. The smallest absolute Gasteiger partial charge is 0.243 e. The Hall–Kier alpha value is -2.03. The first-order valence-electron chi connectivity index (χ1n) is 7.70. The van der Waals surface area contributed by atoms with E-state index >= 15 is 0 Å². The van der Waals surface area contributed by atoms with Crippen LogP contribution in [-0.4, -0.2) is 49.4 Å². The van der Waals surface area contributed by atoms with Gasteiger partial charge in [-0.2, -0.15) is 4.31 Å². The maximum Gasteiger partial charge on any atom is 0.243 e. The second-order valence-electron chi connectivity index (χ2n) is 5.53. The lowest BCUT2D eigenvalue weighted by Gasteiger charge is -2.32. The van der Waals surface area contributed by atoms with Crippen LogP contribution >= 0.6 is 0 Å². The van der Waals surface area contributed by atoms with Crippen LogP contribution in [0.3, 0.4) is 0 Å². The molecule has 1 N–H and O–H groups in total. The minimum absolute atomic E-state index is 0.212. The van der Waals surface area contributed by atoms with Crippen LogP contribution in [0.5, 0.6) is 0 Å². The minimum atomic E-state index is -3.57. The van der Waals surface area contributed by atoms with Gasteiger partial charge >= 0.3 is 0 Å². The molecule has 0 radical (unpaired) electrons. The molecule has 0 aliphatic carbocycles. The number of aryl methyl sites for hydroxylation is 1. The molecule has 24 heavy (non-hydrogen) atoms. The number of nitrogens with one attached hydrogen (secondary N) is 1. The van der Waals surface area contributed by atoms with E-state index in [-0.39, 0.29) is 6.54 Å². The van der Waals surface area contributed by atoms with Gasteiger partial charge in [0.1, 0.15) is 17.6 Å². The molecule has 7 nitrogen and oxygen atoms in total. The number of sulfonamides is 1. The van der Waals surface area contributed by atoms with Gasteiger partial charge in [0.25, 0.3) is 0 Å². The van der Waals surface area contributed by atoms with Crippen molar-refractivity contribution in [3.05, 3.63) is 47.9 Å². The Kier molecular flexibility index (Phi) is 4.79. The number of benzene rings is 1. The van der Waals surface area contributed by atoms with Gasteiger partial charge in [0.15, 0.2) is 0 Å². The standard InChI is InChI=1S/C16H20N4O3S/c1-12-5-3-4-6-14(12)24(21,22)20-9-10-23-13(11-20)15-16(17-2)19-8-7-18-15/h3-8,13H,9-11H2,1-2H3,(H,17,19)/t13-/m0/s1. The van der Waals surface area contributed by atoms with E-state index in [4.69, 9.17) is 4.74 Å². The van der Waals surface area contributed by atoms with Crippen molar-refractivity contribution in [1.29, 1.82) is 0 Å². The van der Waals surface area contributed by atoms with E-state index in [1.165, 1.54) is 4.31 Å². The molecule has 1 fully saturated rings. The van der Waals surface area contributed by atoms with E-state index in [1.54, 1.807) is 44.6 Å². The molecule has 0 amide bonds. The number of hydrogen-bond acceptors (Lipinski definition) is 6. The van der Waals surface area contributed by atoms with Gasteiger partial charge in [-0.1, -0.05) is 18.2 Å². The van der Waals surface area contributed by atoms with Crippen molar-refractivity contribution >= 4 is 15.8 Å². The first-order chi connectivity index (χ1) is 11.5. The van der Waals surface area contributed by atoms with Crippen LogP contribution in [-0.2, 0) is 14.8 Å². The van der Waals surface area contributed by atoms with Gasteiger partial charge < -0.3 is 10.1 Å². The van der Waals surface area contributed by atoms with Gasteiger partial charge in [0.2, 0.25) is 10.0 Å². The van der Waals surface area contributed by atoms with Crippen molar-refractivity contribution in [3.63, 3.8) is 0 Å². The molecule has 0 bridgehead atoms.